The second-order valence-electron chi connectivity index (χ2n) is 19.9. The maximum Gasteiger partial charge on any atom is 0.311 e. The molecule has 0 aromatic heterocycles. The van der Waals surface area contributed by atoms with Crippen LogP contribution < -0.4 is 10.2 Å². The minimum Gasteiger partial charge on any atom is -0.462 e. The van der Waals surface area contributed by atoms with Gasteiger partial charge in [0.2, 0.25) is 11.4 Å². The molecule has 5 aromatic rings. The monoisotopic (exact) mass is 959 g/mol. The molecule has 2 atom stereocenters. The van der Waals surface area contributed by atoms with Gasteiger partial charge < -0.3 is 24.4 Å². The second kappa shape index (κ2) is 23.4. The Morgan fingerprint density at radius 2 is 1.30 bits per heavy atom. The van der Waals surface area contributed by atoms with Crippen molar-refractivity contribution < 1.29 is 33.2 Å². The molecule has 9 nitrogen and oxygen atoms in total. The number of carbonyl (C=O) groups excluding carboxylic acids is 3. The Balaban J connectivity index is 0.00000825. The number of esters is 3. The molecule has 0 radical (unpaired) electrons. The van der Waals surface area contributed by atoms with Crippen molar-refractivity contribution in [2.75, 3.05) is 37.5 Å². The van der Waals surface area contributed by atoms with Crippen LogP contribution in [0.3, 0.4) is 0 Å². The minimum atomic E-state index is -0.599. The van der Waals surface area contributed by atoms with Gasteiger partial charge in [0.15, 0.2) is 0 Å². The van der Waals surface area contributed by atoms with Crippen molar-refractivity contribution in [3.8, 4) is 0 Å². The molecular formula is C62H76N3O6+. The standard InChI is InChI=1S/C61H71N3O6.CH4/c1-12-61(8,9)60(67)69-34-33-68-55(65)31-32-56(66)70-54-20-16-15-19-53(54)62-52-30-29-51(49-17-13-14-18-50(49)52)57(45-21-25-47(26-22-45)63(10)58-41(4)35-39(2)36-42(58)5)46-23-27-48(28-24-46)64(11)59-43(6)37-40(3)38-44(59)7;/h13-14,17-18,21-30,35-38,53-54H,12,15-16,19-20,31-34H2,1-11H3;1H4/p+1. The van der Waals surface area contributed by atoms with Crippen LogP contribution in [0.4, 0.5) is 22.7 Å². The first kappa shape index (κ1) is 53.6. The lowest BCUT2D eigenvalue weighted by Gasteiger charge is -2.33. The summed E-state index contributed by atoms with van der Waals surface area (Å²) in [6.45, 7) is 18.5. The molecule has 1 N–H and O–H groups in total. The zero-order valence-electron chi connectivity index (χ0n) is 43.3. The molecule has 1 saturated carbocycles. The Bertz CT molecular complexity index is 2840. The van der Waals surface area contributed by atoms with E-state index in [-0.39, 0.29) is 51.6 Å². The molecule has 2 aliphatic rings. The molecular weight excluding hydrogens is 883 g/mol. The number of nitrogens with zero attached hydrogens (tertiary/aromatic N) is 2. The summed E-state index contributed by atoms with van der Waals surface area (Å²) in [6.07, 6.45) is 12.5. The number of allylic oxidation sites excluding steroid dienone is 5. The number of anilines is 3. The van der Waals surface area contributed by atoms with Crippen molar-refractivity contribution in [1.82, 2.24) is 0 Å². The first-order valence-electron chi connectivity index (χ1n) is 25.0. The van der Waals surface area contributed by atoms with Crippen molar-refractivity contribution in [2.45, 2.75) is 127 Å². The van der Waals surface area contributed by atoms with Crippen LogP contribution in [0.25, 0.3) is 16.3 Å². The summed E-state index contributed by atoms with van der Waals surface area (Å²) in [5.74, 6) is -1.30. The van der Waals surface area contributed by atoms with Gasteiger partial charge in [-0.2, -0.15) is 4.58 Å². The summed E-state index contributed by atoms with van der Waals surface area (Å²) >= 11 is 0. The molecule has 0 heterocycles. The molecule has 2 aliphatic carbocycles. The Labute approximate surface area is 423 Å². The average Bonchev–Trinajstić information content (AvgIpc) is 3.33. The fraction of sp³-hybridized carbons (Fsp3) is 0.387. The summed E-state index contributed by atoms with van der Waals surface area (Å²) in [4.78, 5) is 40.2. The number of hydrogen-bond acceptors (Lipinski definition) is 8. The quantitative estimate of drug-likeness (QED) is 0.0452. The van der Waals surface area contributed by atoms with Gasteiger partial charge >= 0.3 is 17.9 Å². The lowest BCUT2D eigenvalue weighted by atomic mass is 9.87. The molecule has 5 aromatic carbocycles. The van der Waals surface area contributed by atoms with Crippen LogP contribution in [0.5, 0.6) is 0 Å². The first-order chi connectivity index (χ1) is 33.4. The van der Waals surface area contributed by atoms with Gasteiger partial charge in [0.1, 0.15) is 26.4 Å². The highest BCUT2D eigenvalue weighted by Crippen LogP contribution is 2.40. The van der Waals surface area contributed by atoms with Gasteiger partial charge in [0.05, 0.1) is 24.3 Å². The van der Waals surface area contributed by atoms with E-state index in [1.54, 1.807) is 0 Å². The second-order valence-corrected chi connectivity index (χ2v) is 19.9. The highest BCUT2D eigenvalue weighted by molar-refractivity contribution is 6.08. The first-order valence-corrected chi connectivity index (χ1v) is 25.0. The van der Waals surface area contributed by atoms with E-state index in [4.69, 9.17) is 14.2 Å². The van der Waals surface area contributed by atoms with E-state index in [1.807, 2.05) is 20.8 Å². The topological polar surface area (TPSA) is 97.2 Å². The number of benzene rings is 5. The highest BCUT2D eigenvalue weighted by Gasteiger charge is 2.30. The predicted octanol–water partition coefficient (Wildman–Crippen LogP) is 14.0. The molecule has 2 unspecified atom stereocenters. The van der Waals surface area contributed by atoms with Crippen LogP contribution in [0, 0.1) is 47.0 Å². The van der Waals surface area contributed by atoms with Gasteiger partial charge in [0.25, 0.3) is 0 Å². The van der Waals surface area contributed by atoms with Gasteiger partial charge in [-0.1, -0.05) is 86.5 Å². The Morgan fingerprint density at radius 1 is 0.718 bits per heavy atom. The Hall–Kier alpha value is -6.74. The predicted molar refractivity (Wildman–Crippen MR) is 293 cm³/mol. The number of rotatable bonds is 16. The fourth-order valence-corrected chi connectivity index (χ4v) is 10.2. The third-order valence-corrected chi connectivity index (χ3v) is 14.1. The van der Waals surface area contributed by atoms with E-state index in [9.17, 15) is 14.4 Å². The molecule has 9 heteroatoms. The van der Waals surface area contributed by atoms with Crippen molar-refractivity contribution >= 4 is 62.7 Å². The van der Waals surface area contributed by atoms with Gasteiger partial charge in [-0.15, -0.1) is 0 Å². The lowest BCUT2D eigenvalue weighted by Crippen LogP contribution is -2.39. The van der Waals surface area contributed by atoms with Crippen LogP contribution in [-0.2, 0) is 28.6 Å². The maximum absolute atomic E-state index is 13.2. The zero-order valence-corrected chi connectivity index (χ0v) is 43.3. The SMILES string of the molecule is C.CCC(C)(C)C(=O)OCCOC(=O)CCC(=O)OC1CCCCC1Nc1ccc(C(=C2C=CC(=[N+](C)c3c(C)cc(C)cc3C)C=C2)c2ccc(N(C)c3c(C)cc(C)cc3C)cc2)c2ccccc12. The third-order valence-electron chi connectivity index (χ3n) is 14.1. The van der Waals surface area contributed by atoms with Gasteiger partial charge in [-0.05, 0) is 162 Å². The maximum atomic E-state index is 13.2. The molecule has 0 bridgehead atoms. The average molecular weight is 959 g/mol. The van der Waals surface area contributed by atoms with E-state index >= 15 is 0 Å². The summed E-state index contributed by atoms with van der Waals surface area (Å²) in [5.41, 5.74) is 17.0. The van der Waals surface area contributed by atoms with Crippen molar-refractivity contribution in [2.24, 2.45) is 5.41 Å². The minimum absolute atomic E-state index is 0. The fourth-order valence-electron chi connectivity index (χ4n) is 10.2. The molecule has 0 aliphatic heterocycles. The van der Waals surface area contributed by atoms with Crippen LogP contribution in [0.2, 0.25) is 0 Å². The van der Waals surface area contributed by atoms with Crippen LogP contribution in [-0.4, -0.2) is 67.7 Å². The number of fused-ring (bicyclic) bond motifs is 1. The molecule has 374 valence electrons. The molecule has 1 fully saturated rings. The molecule has 0 amide bonds. The van der Waals surface area contributed by atoms with Crippen molar-refractivity contribution in [3.05, 3.63) is 159 Å². The number of nitrogens with one attached hydrogen (secondary N) is 1. The van der Waals surface area contributed by atoms with Crippen molar-refractivity contribution in [1.29, 1.82) is 0 Å². The smallest absolute Gasteiger partial charge is 0.311 e. The normalized spacial score (nSPS) is 15.5. The Morgan fingerprint density at radius 3 is 1.93 bits per heavy atom. The molecule has 71 heavy (non-hydrogen) atoms. The number of aryl methyl sites for hydroxylation is 6. The molecule has 0 spiro atoms. The van der Waals surface area contributed by atoms with E-state index in [0.717, 1.165) is 75.8 Å². The van der Waals surface area contributed by atoms with Gasteiger partial charge in [-0.25, -0.2) is 0 Å². The summed E-state index contributed by atoms with van der Waals surface area (Å²) < 4.78 is 18.9. The van der Waals surface area contributed by atoms with Crippen LogP contribution in [0.1, 0.15) is 118 Å². The third kappa shape index (κ3) is 12.6. The summed E-state index contributed by atoms with van der Waals surface area (Å²) in [5, 5.41) is 5.99. The lowest BCUT2D eigenvalue weighted by molar-refractivity contribution is -0.404. The van der Waals surface area contributed by atoms with Crippen LogP contribution in [0.15, 0.2) is 115 Å². The number of ether oxygens (including phenoxy) is 3. The zero-order chi connectivity index (χ0) is 50.3. The van der Waals surface area contributed by atoms with Gasteiger partial charge in [0, 0.05) is 52.8 Å². The largest absolute Gasteiger partial charge is 0.462 e. The van der Waals surface area contributed by atoms with E-state index in [2.05, 4.69) is 180 Å². The van der Waals surface area contributed by atoms with Crippen LogP contribution >= 0.6 is 0 Å². The van der Waals surface area contributed by atoms with E-state index in [1.165, 1.54) is 44.8 Å². The number of hydrogen-bond donors (Lipinski definition) is 1. The Kier molecular flexibility index (Phi) is 17.7. The molecule has 0 saturated heterocycles. The summed E-state index contributed by atoms with van der Waals surface area (Å²) in [7, 11) is 4.29. The highest BCUT2D eigenvalue weighted by atomic mass is 16.6. The summed E-state index contributed by atoms with van der Waals surface area (Å²) in [6, 6.07) is 30.7. The van der Waals surface area contributed by atoms with E-state index < -0.39 is 17.4 Å². The molecule has 7 rings (SSSR count). The van der Waals surface area contributed by atoms with Gasteiger partial charge in [-0.3, -0.25) is 14.4 Å². The van der Waals surface area contributed by atoms with Crippen molar-refractivity contribution in [3.63, 3.8) is 0 Å². The van der Waals surface area contributed by atoms with E-state index in [0.29, 0.717) is 6.42 Å². The number of carbonyl (C=O) groups is 3.